The van der Waals surface area contributed by atoms with Gasteiger partial charge in [0, 0.05) is 6.61 Å². The zero-order valence-corrected chi connectivity index (χ0v) is 17.3. The molecule has 0 fully saturated rings. The lowest BCUT2D eigenvalue weighted by molar-refractivity contribution is 0.282. The molecule has 0 unspecified atom stereocenters. The summed E-state index contributed by atoms with van der Waals surface area (Å²) in [5.41, 5.74) is 0. The van der Waals surface area contributed by atoms with Crippen LogP contribution in [0.15, 0.2) is 0 Å². The molecule has 0 aromatic carbocycles. The quantitative estimate of drug-likeness (QED) is 0.159. The molecule has 0 aliphatic rings. The molecule has 0 amide bonds. The third-order valence-electron chi connectivity index (χ3n) is 5.07. The minimum atomic E-state index is 0.372. The fourth-order valence-corrected chi connectivity index (χ4v) is 3.63. The Hall–Kier alpha value is 0.310. The minimum absolute atomic E-state index is 0.372. The van der Waals surface area contributed by atoms with E-state index in [-0.39, 0.29) is 0 Å². The van der Waals surface area contributed by atoms with Gasteiger partial charge in [0.15, 0.2) is 0 Å². The number of unbranched alkanes of at least 4 members (excludes halogenated alkanes) is 19. The van der Waals surface area contributed by atoms with E-state index < -0.39 is 0 Å². The minimum Gasteiger partial charge on any atom is -0.396 e. The molecule has 0 aromatic rings. The Labute approximate surface area is 158 Å². The molecule has 0 aromatic heterocycles. The molecule has 0 bridgehead atoms. The molecule has 146 valence electrons. The fraction of sp³-hybridized carbons (Fsp3) is 1.00. The lowest BCUT2D eigenvalue weighted by atomic mass is 10.0. The third-order valence-corrected chi connectivity index (χ3v) is 5.38. The van der Waals surface area contributed by atoms with Crippen molar-refractivity contribution in [1.82, 2.24) is 0 Å². The van der Waals surface area contributed by atoms with Gasteiger partial charge in [-0.3, -0.25) is 0 Å². The van der Waals surface area contributed by atoms with E-state index in [0.717, 1.165) is 12.2 Å². The molecule has 2 heteroatoms. The highest BCUT2D eigenvalue weighted by atomic mass is 32.1. The highest BCUT2D eigenvalue weighted by Gasteiger charge is 1.95. The number of hydrogen-bond acceptors (Lipinski definition) is 2. The van der Waals surface area contributed by atoms with Crippen LogP contribution in [-0.2, 0) is 0 Å². The van der Waals surface area contributed by atoms with Crippen LogP contribution < -0.4 is 0 Å². The Morgan fingerprint density at radius 1 is 0.333 bits per heavy atom. The van der Waals surface area contributed by atoms with Crippen LogP contribution in [0.25, 0.3) is 0 Å². The molecule has 1 N–H and O–H groups in total. The molecule has 0 rings (SSSR count). The predicted molar refractivity (Wildman–Crippen MR) is 113 cm³/mol. The number of thiol groups is 1. The van der Waals surface area contributed by atoms with Crippen LogP contribution in [0.4, 0.5) is 0 Å². The van der Waals surface area contributed by atoms with Crippen LogP contribution in [0.3, 0.4) is 0 Å². The molecule has 0 atom stereocenters. The normalized spacial score (nSPS) is 11.2. The monoisotopic (exact) mass is 358 g/mol. The van der Waals surface area contributed by atoms with Crippen LogP contribution in [0.2, 0.25) is 0 Å². The maximum absolute atomic E-state index is 8.72. The van der Waals surface area contributed by atoms with Crippen molar-refractivity contribution in [2.45, 2.75) is 128 Å². The van der Waals surface area contributed by atoms with Crippen molar-refractivity contribution in [2.75, 3.05) is 12.4 Å². The van der Waals surface area contributed by atoms with E-state index in [4.69, 9.17) is 5.11 Å². The summed E-state index contributed by atoms with van der Waals surface area (Å²) in [6, 6.07) is 0. The van der Waals surface area contributed by atoms with E-state index in [0.29, 0.717) is 6.61 Å². The highest BCUT2D eigenvalue weighted by Crippen LogP contribution is 2.14. The van der Waals surface area contributed by atoms with E-state index in [2.05, 4.69) is 12.6 Å². The summed E-state index contributed by atoms with van der Waals surface area (Å²) < 4.78 is 0. The molecule has 0 saturated heterocycles. The molecule has 24 heavy (non-hydrogen) atoms. The maximum Gasteiger partial charge on any atom is 0.0431 e. The summed E-state index contributed by atoms with van der Waals surface area (Å²) in [5.74, 6) is 1.06. The number of aliphatic hydroxyl groups is 1. The number of aliphatic hydroxyl groups excluding tert-OH is 1. The van der Waals surface area contributed by atoms with Gasteiger partial charge in [0.05, 0.1) is 0 Å². The average molecular weight is 359 g/mol. The van der Waals surface area contributed by atoms with Crippen LogP contribution in [0.5, 0.6) is 0 Å². The van der Waals surface area contributed by atoms with Crippen LogP contribution in [-0.4, -0.2) is 17.5 Å². The molecule has 0 heterocycles. The van der Waals surface area contributed by atoms with Crippen molar-refractivity contribution in [3.05, 3.63) is 0 Å². The molecule has 0 radical (unpaired) electrons. The molecular weight excluding hydrogens is 312 g/mol. The lowest BCUT2D eigenvalue weighted by Gasteiger charge is -2.04. The van der Waals surface area contributed by atoms with Gasteiger partial charge in [0.25, 0.3) is 0 Å². The average Bonchev–Trinajstić information content (AvgIpc) is 2.60. The molecule has 0 aliphatic carbocycles. The van der Waals surface area contributed by atoms with Gasteiger partial charge in [-0.15, -0.1) is 0 Å². The maximum atomic E-state index is 8.72. The summed E-state index contributed by atoms with van der Waals surface area (Å²) in [5, 5.41) is 8.72. The standard InChI is InChI=1S/C22H46OS/c23-21-19-17-15-13-11-9-7-5-3-1-2-4-6-8-10-12-14-16-18-20-22-24/h23-24H,1-22H2. The van der Waals surface area contributed by atoms with Gasteiger partial charge in [-0.05, 0) is 18.6 Å². The molecular formula is C22H46OS. The van der Waals surface area contributed by atoms with Gasteiger partial charge in [-0.1, -0.05) is 116 Å². The summed E-state index contributed by atoms with van der Waals surface area (Å²) in [6.07, 6.45) is 27.8. The fourth-order valence-electron chi connectivity index (χ4n) is 3.41. The van der Waals surface area contributed by atoms with Gasteiger partial charge in [0.2, 0.25) is 0 Å². The predicted octanol–water partition coefficient (Wildman–Crippen LogP) is 7.71. The molecule has 1 nitrogen and oxygen atoms in total. The van der Waals surface area contributed by atoms with E-state index in [1.807, 2.05) is 0 Å². The highest BCUT2D eigenvalue weighted by molar-refractivity contribution is 7.80. The zero-order valence-electron chi connectivity index (χ0n) is 16.5. The van der Waals surface area contributed by atoms with E-state index in [1.54, 1.807) is 0 Å². The van der Waals surface area contributed by atoms with Gasteiger partial charge in [-0.2, -0.15) is 12.6 Å². The third kappa shape index (κ3) is 22.3. The first kappa shape index (κ1) is 24.3. The topological polar surface area (TPSA) is 20.2 Å². The van der Waals surface area contributed by atoms with Crippen LogP contribution in [0.1, 0.15) is 128 Å². The van der Waals surface area contributed by atoms with E-state index >= 15 is 0 Å². The van der Waals surface area contributed by atoms with Gasteiger partial charge in [-0.25, -0.2) is 0 Å². The van der Waals surface area contributed by atoms with Gasteiger partial charge in [0.1, 0.15) is 0 Å². The first-order chi connectivity index (χ1) is 11.9. The van der Waals surface area contributed by atoms with Crippen LogP contribution >= 0.6 is 12.6 Å². The van der Waals surface area contributed by atoms with Crippen molar-refractivity contribution >= 4 is 12.6 Å². The lowest BCUT2D eigenvalue weighted by Crippen LogP contribution is -1.85. The summed E-state index contributed by atoms with van der Waals surface area (Å²) in [6.45, 7) is 0.372. The Bertz CT molecular complexity index is 186. The van der Waals surface area contributed by atoms with Gasteiger partial charge >= 0.3 is 0 Å². The first-order valence-corrected chi connectivity index (χ1v) is 11.8. The largest absolute Gasteiger partial charge is 0.396 e. The van der Waals surface area contributed by atoms with E-state index in [1.165, 1.54) is 122 Å². The van der Waals surface area contributed by atoms with Crippen molar-refractivity contribution in [2.24, 2.45) is 0 Å². The Kier molecular flexibility index (Phi) is 23.6. The number of hydrogen-bond donors (Lipinski definition) is 2. The first-order valence-electron chi connectivity index (χ1n) is 11.1. The molecule has 0 spiro atoms. The second-order valence-corrected chi connectivity index (χ2v) is 7.97. The Morgan fingerprint density at radius 3 is 0.750 bits per heavy atom. The van der Waals surface area contributed by atoms with Crippen molar-refractivity contribution < 1.29 is 5.11 Å². The Morgan fingerprint density at radius 2 is 0.542 bits per heavy atom. The van der Waals surface area contributed by atoms with Crippen LogP contribution in [0, 0.1) is 0 Å². The molecule has 0 saturated carbocycles. The zero-order chi connectivity index (χ0) is 17.6. The SMILES string of the molecule is OCCCCCCCCCCCCCCCCCCCCCCS. The number of rotatable bonds is 21. The smallest absolute Gasteiger partial charge is 0.0431 e. The summed E-state index contributed by atoms with van der Waals surface area (Å²) in [4.78, 5) is 0. The van der Waals surface area contributed by atoms with Gasteiger partial charge < -0.3 is 5.11 Å². The molecule has 0 aliphatic heterocycles. The summed E-state index contributed by atoms with van der Waals surface area (Å²) in [7, 11) is 0. The second kappa shape index (κ2) is 23.3. The second-order valence-electron chi connectivity index (χ2n) is 7.52. The van der Waals surface area contributed by atoms with E-state index in [9.17, 15) is 0 Å². The Balaban J connectivity index is 2.93. The summed E-state index contributed by atoms with van der Waals surface area (Å²) >= 11 is 4.25. The van der Waals surface area contributed by atoms with Crippen molar-refractivity contribution in [3.8, 4) is 0 Å². The van der Waals surface area contributed by atoms with Crippen molar-refractivity contribution in [3.63, 3.8) is 0 Å². The van der Waals surface area contributed by atoms with Crippen molar-refractivity contribution in [1.29, 1.82) is 0 Å².